The Kier molecular flexibility index (Phi) is 5.57. The van der Waals surface area contributed by atoms with E-state index in [1.807, 2.05) is 0 Å². The number of hydrogen-bond acceptors (Lipinski definition) is 4. The Morgan fingerprint density at radius 2 is 2.00 bits per heavy atom. The highest BCUT2D eigenvalue weighted by atomic mass is 35.5. The van der Waals surface area contributed by atoms with Crippen LogP contribution in [-0.4, -0.2) is 15.7 Å². The lowest BCUT2D eigenvalue weighted by Crippen LogP contribution is -2.22. The van der Waals surface area contributed by atoms with Crippen molar-refractivity contribution >= 4 is 29.1 Å². The molecule has 0 saturated heterocycles. The summed E-state index contributed by atoms with van der Waals surface area (Å²) in [6, 6.07) is 4.72. The van der Waals surface area contributed by atoms with Crippen molar-refractivity contribution < 1.29 is 27.1 Å². The second-order valence-electron chi connectivity index (χ2n) is 5.65. The van der Waals surface area contributed by atoms with Crippen molar-refractivity contribution in [2.75, 3.05) is 0 Å². The van der Waals surface area contributed by atoms with Crippen LogP contribution in [0.3, 0.4) is 0 Å². The van der Waals surface area contributed by atoms with Crippen LogP contribution in [0.1, 0.15) is 21.7 Å². The highest BCUT2D eigenvalue weighted by Crippen LogP contribution is 2.41. The number of carbonyl (C=O) groups excluding carboxylic acids is 1. The van der Waals surface area contributed by atoms with Crippen LogP contribution in [0.25, 0.3) is 0 Å². The minimum atomic E-state index is -4.62. The average molecular weight is 434 g/mol. The SMILES string of the molecule is Cn1cc(C(=O)NCc2ccco2)c(Oc2c(Cl)cc(C(F)(F)F)cc2Cl)n1. The fraction of sp³-hybridized carbons (Fsp3) is 0.176. The van der Waals surface area contributed by atoms with Gasteiger partial charge in [0.2, 0.25) is 0 Å². The summed E-state index contributed by atoms with van der Waals surface area (Å²) in [6.07, 6.45) is -1.76. The molecule has 0 aliphatic rings. The monoisotopic (exact) mass is 433 g/mol. The Bertz CT molecular complexity index is 978. The Balaban J connectivity index is 1.84. The molecule has 3 rings (SSSR count). The van der Waals surface area contributed by atoms with E-state index in [2.05, 4.69) is 10.4 Å². The number of amides is 1. The number of benzene rings is 1. The maximum Gasteiger partial charge on any atom is 0.416 e. The molecule has 0 radical (unpaired) electrons. The molecule has 2 aromatic heterocycles. The molecule has 1 N–H and O–H groups in total. The van der Waals surface area contributed by atoms with Crippen LogP contribution in [0.15, 0.2) is 41.1 Å². The number of aromatic nitrogens is 2. The Morgan fingerprint density at radius 1 is 1.32 bits per heavy atom. The topological polar surface area (TPSA) is 69.3 Å². The summed E-state index contributed by atoms with van der Waals surface area (Å²) in [6.45, 7) is 0.127. The minimum absolute atomic E-state index is 0.0427. The Labute approximate surface area is 166 Å². The van der Waals surface area contributed by atoms with Crippen LogP contribution in [0.4, 0.5) is 13.2 Å². The normalized spacial score (nSPS) is 11.5. The van der Waals surface area contributed by atoms with Gasteiger partial charge in [-0.3, -0.25) is 9.48 Å². The number of halogens is 5. The molecule has 148 valence electrons. The van der Waals surface area contributed by atoms with Crippen LogP contribution in [0, 0.1) is 0 Å². The maximum atomic E-state index is 12.8. The van der Waals surface area contributed by atoms with Crippen molar-refractivity contribution in [3.8, 4) is 11.6 Å². The number of aryl methyl sites for hydroxylation is 1. The molecule has 0 aliphatic carbocycles. The molecule has 11 heteroatoms. The number of nitrogens with zero attached hydrogens (tertiary/aromatic N) is 2. The smallest absolute Gasteiger partial charge is 0.416 e. The lowest BCUT2D eigenvalue weighted by molar-refractivity contribution is -0.137. The van der Waals surface area contributed by atoms with E-state index in [0.717, 1.165) is 0 Å². The lowest BCUT2D eigenvalue weighted by atomic mass is 10.2. The van der Waals surface area contributed by atoms with Crippen molar-refractivity contribution in [1.29, 1.82) is 0 Å². The van der Waals surface area contributed by atoms with Gasteiger partial charge in [-0.1, -0.05) is 23.2 Å². The van der Waals surface area contributed by atoms with E-state index in [4.69, 9.17) is 32.4 Å². The molecule has 0 atom stereocenters. The number of furan rings is 1. The number of alkyl halides is 3. The lowest BCUT2D eigenvalue weighted by Gasteiger charge is -2.12. The summed E-state index contributed by atoms with van der Waals surface area (Å²) in [5.74, 6) is -0.398. The van der Waals surface area contributed by atoms with Gasteiger partial charge in [0.25, 0.3) is 11.8 Å². The number of nitrogens with one attached hydrogen (secondary N) is 1. The predicted molar refractivity (Wildman–Crippen MR) is 94.6 cm³/mol. The van der Waals surface area contributed by atoms with Gasteiger partial charge in [-0.25, -0.2) is 0 Å². The van der Waals surface area contributed by atoms with Gasteiger partial charge in [0.1, 0.15) is 11.3 Å². The van der Waals surface area contributed by atoms with E-state index in [9.17, 15) is 18.0 Å². The summed E-state index contributed by atoms with van der Waals surface area (Å²) in [5, 5.41) is 5.88. The van der Waals surface area contributed by atoms with E-state index in [1.165, 1.54) is 17.1 Å². The van der Waals surface area contributed by atoms with E-state index in [1.54, 1.807) is 19.2 Å². The average Bonchev–Trinajstić information content (AvgIpc) is 3.24. The van der Waals surface area contributed by atoms with Crippen molar-refractivity contribution in [2.24, 2.45) is 7.05 Å². The molecule has 0 spiro atoms. The van der Waals surface area contributed by atoms with Gasteiger partial charge in [0, 0.05) is 13.2 Å². The first-order chi connectivity index (χ1) is 13.1. The molecule has 28 heavy (non-hydrogen) atoms. The van der Waals surface area contributed by atoms with E-state index < -0.39 is 17.6 Å². The Hall–Kier alpha value is -2.65. The molecular weight excluding hydrogens is 422 g/mol. The molecule has 1 aromatic carbocycles. The summed E-state index contributed by atoms with van der Waals surface area (Å²) in [7, 11) is 1.55. The third kappa shape index (κ3) is 4.42. The van der Waals surface area contributed by atoms with Gasteiger partial charge in [0.05, 0.1) is 28.4 Å². The summed E-state index contributed by atoms with van der Waals surface area (Å²) >= 11 is 11.8. The zero-order chi connectivity index (χ0) is 20.5. The van der Waals surface area contributed by atoms with Crippen LogP contribution in [0.2, 0.25) is 10.0 Å². The van der Waals surface area contributed by atoms with Crippen molar-refractivity contribution in [1.82, 2.24) is 15.1 Å². The molecule has 0 fully saturated rings. The first-order valence-electron chi connectivity index (χ1n) is 7.73. The Morgan fingerprint density at radius 3 is 2.57 bits per heavy atom. The van der Waals surface area contributed by atoms with Gasteiger partial charge < -0.3 is 14.5 Å². The summed E-state index contributed by atoms with van der Waals surface area (Å²) in [5.41, 5.74) is -0.978. The molecule has 0 aliphatic heterocycles. The zero-order valence-corrected chi connectivity index (χ0v) is 15.7. The third-order valence-corrected chi connectivity index (χ3v) is 4.13. The molecule has 0 saturated carbocycles. The second-order valence-corrected chi connectivity index (χ2v) is 6.47. The third-order valence-electron chi connectivity index (χ3n) is 3.57. The first-order valence-corrected chi connectivity index (χ1v) is 8.49. The predicted octanol–water partition coefficient (Wildman–Crippen LogP) is 5.06. The molecule has 2 heterocycles. The van der Waals surface area contributed by atoms with E-state index in [0.29, 0.717) is 17.9 Å². The standard InChI is InChI=1S/C17H12Cl2F3N3O3/c1-25-8-11(15(26)23-7-10-3-2-4-27-10)16(24-25)28-14-12(18)5-9(6-13(14)19)17(20,21)22/h2-6,8H,7H2,1H3,(H,23,26). The number of rotatable bonds is 5. The van der Waals surface area contributed by atoms with Gasteiger partial charge >= 0.3 is 6.18 Å². The van der Waals surface area contributed by atoms with Crippen LogP contribution in [-0.2, 0) is 19.8 Å². The second kappa shape index (κ2) is 7.76. The maximum absolute atomic E-state index is 12.8. The quantitative estimate of drug-likeness (QED) is 0.610. The summed E-state index contributed by atoms with van der Waals surface area (Å²) in [4.78, 5) is 12.4. The van der Waals surface area contributed by atoms with Gasteiger partial charge in [-0.15, -0.1) is 5.10 Å². The number of hydrogen-bond donors (Lipinski definition) is 1. The zero-order valence-electron chi connectivity index (χ0n) is 14.2. The van der Waals surface area contributed by atoms with Gasteiger partial charge in [0.15, 0.2) is 5.75 Å². The number of ether oxygens (including phenoxy) is 1. The molecule has 6 nitrogen and oxygen atoms in total. The van der Waals surface area contributed by atoms with Crippen molar-refractivity contribution in [3.05, 3.63) is 63.7 Å². The van der Waals surface area contributed by atoms with E-state index in [-0.39, 0.29) is 33.8 Å². The first kappa shape index (κ1) is 20.1. The van der Waals surface area contributed by atoms with Crippen molar-refractivity contribution in [3.63, 3.8) is 0 Å². The highest BCUT2D eigenvalue weighted by Gasteiger charge is 2.32. The van der Waals surface area contributed by atoms with Crippen LogP contribution >= 0.6 is 23.2 Å². The molecule has 0 bridgehead atoms. The van der Waals surface area contributed by atoms with Crippen molar-refractivity contribution in [2.45, 2.75) is 12.7 Å². The molecule has 0 unspecified atom stereocenters. The van der Waals surface area contributed by atoms with Crippen LogP contribution < -0.4 is 10.1 Å². The fourth-order valence-electron chi connectivity index (χ4n) is 2.29. The van der Waals surface area contributed by atoms with Gasteiger partial charge in [-0.2, -0.15) is 13.2 Å². The fourth-order valence-corrected chi connectivity index (χ4v) is 2.86. The minimum Gasteiger partial charge on any atom is -0.467 e. The molecule has 1 amide bonds. The molecule has 3 aromatic rings. The van der Waals surface area contributed by atoms with E-state index >= 15 is 0 Å². The van der Waals surface area contributed by atoms with Crippen LogP contribution in [0.5, 0.6) is 11.6 Å². The largest absolute Gasteiger partial charge is 0.467 e. The molecular formula is C17H12Cl2F3N3O3. The highest BCUT2D eigenvalue weighted by molar-refractivity contribution is 6.37. The number of carbonyl (C=O) groups is 1. The van der Waals surface area contributed by atoms with Gasteiger partial charge in [-0.05, 0) is 24.3 Å². The summed E-state index contributed by atoms with van der Waals surface area (Å²) < 4.78 is 50.4.